The average Bonchev–Trinajstić information content (AvgIpc) is 2.65. The summed E-state index contributed by atoms with van der Waals surface area (Å²) >= 11 is 1.87. The molecule has 2 aromatic rings. The zero-order valence-electron chi connectivity index (χ0n) is 10.7. The largest absolute Gasteiger partial charge is 0.381 e. The molecule has 1 aromatic heterocycles. The molecule has 0 saturated heterocycles. The van der Waals surface area contributed by atoms with Gasteiger partial charge in [-0.15, -0.1) is 11.3 Å². The fourth-order valence-electron chi connectivity index (χ4n) is 2.05. The third-order valence-corrected chi connectivity index (χ3v) is 4.02. The molecule has 0 bridgehead atoms. The third kappa shape index (κ3) is 2.89. The van der Waals surface area contributed by atoms with Crippen LogP contribution in [0.3, 0.4) is 0 Å². The molecule has 0 radical (unpaired) electrons. The van der Waals surface area contributed by atoms with Gasteiger partial charge in [-0.2, -0.15) is 0 Å². The van der Waals surface area contributed by atoms with E-state index < -0.39 is 0 Å². The first kappa shape index (κ1) is 12.2. The fraction of sp³-hybridized carbons (Fsp3) is 0.333. The molecule has 1 N–H and O–H groups in total. The van der Waals surface area contributed by atoms with Crippen LogP contribution >= 0.6 is 11.3 Å². The van der Waals surface area contributed by atoms with E-state index in [1.165, 1.54) is 26.6 Å². The maximum atomic E-state index is 3.54. The fourth-order valence-corrected chi connectivity index (χ4v) is 3.00. The second-order valence-electron chi connectivity index (χ2n) is 4.30. The van der Waals surface area contributed by atoms with Gasteiger partial charge in [0.25, 0.3) is 0 Å². The molecule has 0 saturated carbocycles. The van der Waals surface area contributed by atoms with Crippen LogP contribution in [0.2, 0.25) is 0 Å². The van der Waals surface area contributed by atoms with Gasteiger partial charge in [0.05, 0.1) is 0 Å². The highest BCUT2D eigenvalue weighted by atomic mass is 32.1. The molecule has 0 aliphatic rings. The SMILES string of the molecule is CCc1ccccc1NCc1cc(C)sc1C. The van der Waals surface area contributed by atoms with Crippen molar-refractivity contribution in [2.45, 2.75) is 33.7 Å². The van der Waals surface area contributed by atoms with Gasteiger partial charge in [0, 0.05) is 22.0 Å². The van der Waals surface area contributed by atoms with E-state index in [-0.39, 0.29) is 0 Å². The summed E-state index contributed by atoms with van der Waals surface area (Å²) in [5.74, 6) is 0. The second-order valence-corrected chi connectivity index (χ2v) is 5.76. The number of thiophene rings is 1. The van der Waals surface area contributed by atoms with Crippen LogP contribution in [0.4, 0.5) is 5.69 Å². The number of rotatable bonds is 4. The normalized spacial score (nSPS) is 10.5. The first-order valence-corrected chi connectivity index (χ1v) is 6.90. The summed E-state index contributed by atoms with van der Waals surface area (Å²) in [5, 5.41) is 3.54. The van der Waals surface area contributed by atoms with Crippen LogP contribution in [-0.2, 0) is 13.0 Å². The maximum Gasteiger partial charge on any atom is 0.0411 e. The Hall–Kier alpha value is -1.28. The van der Waals surface area contributed by atoms with Crippen LogP contribution in [0.1, 0.15) is 27.8 Å². The number of hydrogen-bond acceptors (Lipinski definition) is 2. The van der Waals surface area contributed by atoms with E-state index in [9.17, 15) is 0 Å². The minimum atomic E-state index is 0.924. The Morgan fingerprint density at radius 3 is 2.53 bits per heavy atom. The Morgan fingerprint density at radius 1 is 1.12 bits per heavy atom. The molecule has 17 heavy (non-hydrogen) atoms. The van der Waals surface area contributed by atoms with Crippen molar-refractivity contribution in [2.75, 3.05) is 5.32 Å². The van der Waals surface area contributed by atoms with E-state index in [0.717, 1.165) is 13.0 Å². The predicted octanol–water partition coefficient (Wildman–Crippen LogP) is 4.54. The minimum absolute atomic E-state index is 0.924. The Bertz CT molecular complexity index is 499. The van der Waals surface area contributed by atoms with Crippen LogP contribution in [0.5, 0.6) is 0 Å². The summed E-state index contributed by atoms with van der Waals surface area (Å²) in [6.45, 7) is 7.48. The molecule has 1 nitrogen and oxygen atoms in total. The maximum absolute atomic E-state index is 3.54. The van der Waals surface area contributed by atoms with Crippen molar-refractivity contribution in [1.82, 2.24) is 0 Å². The molecule has 0 spiro atoms. The summed E-state index contributed by atoms with van der Waals surface area (Å²) in [6, 6.07) is 10.8. The Labute approximate surface area is 108 Å². The molecule has 2 rings (SSSR count). The number of benzene rings is 1. The summed E-state index contributed by atoms with van der Waals surface area (Å²) in [4.78, 5) is 2.81. The molecule has 0 amide bonds. The van der Waals surface area contributed by atoms with Gasteiger partial charge in [0.1, 0.15) is 0 Å². The minimum Gasteiger partial charge on any atom is -0.381 e. The molecule has 0 fully saturated rings. The number of para-hydroxylation sites is 1. The monoisotopic (exact) mass is 245 g/mol. The van der Waals surface area contributed by atoms with E-state index in [1.54, 1.807) is 0 Å². The third-order valence-electron chi connectivity index (χ3n) is 3.01. The quantitative estimate of drug-likeness (QED) is 0.834. The lowest BCUT2D eigenvalue weighted by Gasteiger charge is -2.10. The zero-order valence-corrected chi connectivity index (χ0v) is 11.5. The summed E-state index contributed by atoms with van der Waals surface area (Å²) < 4.78 is 0. The molecule has 0 aliphatic heterocycles. The van der Waals surface area contributed by atoms with Gasteiger partial charge in [-0.3, -0.25) is 0 Å². The number of nitrogens with one attached hydrogen (secondary N) is 1. The zero-order chi connectivity index (χ0) is 12.3. The van der Waals surface area contributed by atoms with Gasteiger partial charge in [0.15, 0.2) is 0 Å². The first-order chi connectivity index (χ1) is 8.20. The number of hydrogen-bond donors (Lipinski definition) is 1. The van der Waals surface area contributed by atoms with Gasteiger partial charge in [-0.1, -0.05) is 25.1 Å². The van der Waals surface area contributed by atoms with Crippen LogP contribution in [0.25, 0.3) is 0 Å². The van der Waals surface area contributed by atoms with Gasteiger partial charge < -0.3 is 5.32 Å². The van der Waals surface area contributed by atoms with Crippen LogP contribution in [0.15, 0.2) is 30.3 Å². The summed E-state index contributed by atoms with van der Waals surface area (Å²) in [5.41, 5.74) is 4.06. The van der Waals surface area contributed by atoms with E-state index in [0.29, 0.717) is 0 Å². The molecular formula is C15H19NS. The standard InChI is InChI=1S/C15H19NS/c1-4-13-7-5-6-8-15(13)16-10-14-9-11(2)17-12(14)3/h5-9,16H,4,10H2,1-3H3. The van der Waals surface area contributed by atoms with E-state index >= 15 is 0 Å². The van der Waals surface area contributed by atoms with Gasteiger partial charge in [-0.25, -0.2) is 0 Å². The molecule has 2 heteroatoms. The van der Waals surface area contributed by atoms with Crippen molar-refractivity contribution in [3.05, 3.63) is 51.2 Å². The Balaban J connectivity index is 2.09. The molecule has 0 unspecified atom stereocenters. The van der Waals surface area contributed by atoms with Crippen LogP contribution in [0, 0.1) is 13.8 Å². The Morgan fingerprint density at radius 2 is 1.88 bits per heavy atom. The summed E-state index contributed by atoms with van der Waals surface area (Å²) in [6.07, 6.45) is 1.07. The summed E-state index contributed by atoms with van der Waals surface area (Å²) in [7, 11) is 0. The topological polar surface area (TPSA) is 12.0 Å². The molecule has 0 aliphatic carbocycles. The van der Waals surface area contributed by atoms with Crippen molar-refractivity contribution in [2.24, 2.45) is 0 Å². The molecule has 0 atom stereocenters. The van der Waals surface area contributed by atoms with Gasteiger partial charge in [0.2, 0.25) is 0 Å². The smallest absolute Gasteiger partial charge is 0.0411 e. The highest BCUT2D eigenvalue weighted by Crippen LogP contribution is 2.22. The van der Waals surface area contributed by atoms with E-state index in [2.05, 4.69) is 56.4 Å². The van der Waals surface area contributed by atoms with Crippen molar-refractivity contribution < 1.29 is 0 Å². The number of anilines is 1. The van der Waals surface area contributed by atoms with Crippen LogP contribution in [-0.4, -0.2) is 0 Å². The van der Waals surface area contributed by atoms with E-state index in [1.807, 2.05) is 11.3 Å². The Kier molecular flexibility index (Phi) is 3.85. The van der Waals surface area contributed by atoms with E-state index in [4.69, 9.17) is 0 Å². The van der Waals surface area contributed by atoms with Crippen LogP contribution < -0.4 is 5.32 Å². The lowest BCUT2D eigenvalue weighted by molar-refractivity contribution is 1.09. The highest BCUT2D eigenvalue weighted by Gasteiger charge is 2.04. The second kappa shape index (κ2) is 5.37. The predicted molar refractivity (Wildman–Crippen MR) is 76.9 cm³/mol. The molecular weight excluding hydrogens is 226 g/mol. The first-order valence-electron chi connectivity index (χ1n) is 6.08. The average molecular weight is 245 g/mol. The van der Waals surface area contributed by atoms with Crippen molar-refractivity contribution >= 4 is 17.0 Å². The van der Waals surface area contributed by atoms with Crippen molar-refractivity contribution in [1.29, 1.82) is 0 Å². The lowest BCUT2D eigenvalue weighted by atomic mass is 10.1. The van der Waals surface area contributed by atoms with Crippen molar-refractivity contribution in [3.63, 3.8) is 0 Å². The lowest BCUT2D eigenvalue weighted by Crippen LogP contribution is -2.01. The number of aryl methyl sites for hydroxylation is 3. The molecule has 90 valence electrons. The molecule has 1 heterocycles. The van der Waals surface area contributed by atoms with Gasteiger partial charge in [-0.05, 0) is 43.5 Å². The van der Waals surface area contributed by atoms with Gasteiger partial charge >= 0.3 is 0 Å². The molecule has 1 aromatic carbocycles. The highest BCUT2D eigenvalue weighted by molar-refractivity contribution is 7.12. The van der Waals surface area contributed by atoms with Crippen molar-refractivity contribution in [3.8, 4) is 0 Å².